The second-order valence-electron chi connectivity index (χ2n) is 4.14. The minimum atomic E-state index is 0.0636. The summed E-state index contributed by atoms with van der Waals surface area (Å²) in [4.78, 5) is 13.5. The van der Waals surface area contributed by atoms with Crippen molar-refractivity contribution in [1.29, 1.82) is 0 Å². The summed E-state index contributed by atoms with van der Waals surface area (Å²) >= 11 is 0. The molecule has 0 fully saturated rings. The van der Waals surface area contributed by atoms with Gasteiger partial charge in [-0.25, -0.2) is 0 Å². The van der Waals surface area contributed by atoms with E-state index in [-0.39, 0.29) is 12.5 Å². The molecule has 0 unspecified atom stereocenters. The highest BCUT2D eigenvalue weighted by atomic mass is 16.3. The molecule has 0 saturated carbocycles. The van der Waals surface area contributed by atoms with Crippen LogP contribution in [0.4, 0.5) is 0 Å². The van der Waals surface area contributed by atoms with Gasteiger partial charge in [0.2, 0.25) is 5.91 Å². The van der Waals surface area contributed by atoms with Crippen molar-refractivity contribution in [2.24, 2.45) is 0 Å². The van der Waals surface area contributed by atoms with Crippen LogP contribution in [0.3, 0.4) is 0 Å². The molecule has 2 N–H and O–H groups in total. The molecule has 100 valence electrons. The topological polar surface area (TPSA) is 52.6 Å². The summed E-state index contributed by atoms with van der Waals surface area (Å²) in [6.07, 6.45) is 0. The third-order valence-electron chi connectivity index (χ3n) is 2.93. The molecule has 0 bridgehead atoms. The van der Waals surface area contributed by atoms with E-state index in [0.29, 0.717) is 13.1 Å². The summed E-state index contributed by atoms with van der Waals surface area (Å²) in [5, 5.41) is 12.1. The second-order valence-corrected chi connectivity index (χ2v) is 4.14. The van der Waals surface area contributed by atoms with Gasteiger partial charge in [-0.1, -0.05) is 24.3 Å². The molecule has 0 aliphatic rings. The van der Waals surface area contributed by atoms with Gasteiger partial charge in [0.1, 0.15) is 0 Å². The van der Waals surface area contributed by atoms with Gasteiger partial charge in [0.15, 0.2) is 0 Å². The quantitative estimate of drug-likeness (QED) is 0.763. The summed E-state index contributed by atoms with van der Waals surface area (Å²) in [5.74, 6) is 0.131. The molecule has 4 nitrogen and oxygen atoms in total. The van der Waals surface area contributed by atoms with Crippen LogP contribution in [0.15, 0.2) is 24.3 Å². The Morgan fingerprint density at radius 3 is 2.22 bits per heavy atom. The molecule has 0 aliphatic heterocycles. The highest BCUT2D eigenvalue weighted by Crippen LogP contribution is 2.03. The van der Waals surface area contributed by atoms with E-state index in [4.69, 9.17) is 5.11 Å². The van der Waals surface area contributed by atoms with E-state index in [2.05, 4.69) is 5.32 Å². The van der Waals surface area contributed by atoms with E-state index in [0.717, 1.165) is 24.2 Å². The predicted octanol–water partition coefficient (Wildman–Crippen LogP) is 1.14. The summed E-state index contributed by atoms with van der Waals surface area (Å²) in [5.41, 5.74) is 2.01. The van der Waals surface area contributed by atoms with Crippen LogP contribution >= 0.6 is 0 Å². The molecule has 0 saturated heterocycles. The van der Waals surface area contributed by atoms with E-state index in [1.165, 1.54) is 0 Å². The van der Waals surface area contributed by atoms with E-state index >= 15 is 0 Å². The van der Waals surface area contributed by atoms with Crippen molar-refractivity contribution >= 4 is 5.91 Å². The highest BCUT2D eigenvalue weighted by Gasteiger charge is 2.07. The van der Waals surface area contributed by atoms with Gasteiger partial charge >= 0.3 is 0 Å². The van der Waals surface area contributed by atoms with Crippen molar-refractivity contribution in [2.45, 2.75) is 27.0 Å². The maximum absolute atomic E-state index is 11.7. The lowest BCUT2D eigenvalue weighted by Gasteiger charge is -2.18. The smallest absolute Gasteiger partial charge is 0.236 e. The highest BCUT2D eigenvalue weighted by molar-refractivity contribution is 5.78. The zero-order valence-corrected chi connectivity index (χ0v) is 11.1. The Morgan fingerprint density at radius 1 is 1.17 bits per heavy atom. The van der Waals surface area contributed by atoms with Gasteiger partial charge in [-0.2, -0.15) is 0 Å². The number of hydrogen-bond donors (Lipinski definition) is 2. The Hall–Kier alpha value is -1.39. The van der Waals surface area contributed by atoms with Gasteiger partial charge in [0, 0.05) is 19.6 Å². The first-order valence-electron chi connectivity index (χ1n) is 6.38. The van der Waals surface area contributed by atoms with Crippen LogP contribution in [0, 0.1) is 0 Å². The largest absolute Gasteiger partial charge is 0.392 e. The summed E-state index contributed by atoms with van der Waals surface area (Å²) < 4.78 is 0. The summed E-state index contributed by atoms with van der Waals surface area (Å²) in [6, 6.07) is 7.70. The van der Waals surface area contributed by atoms with E-state index < -0.39 is 0 Å². The van der Waals surface area contributed by atoms with Gasteiger partial charge in [-0.05, 0) is 25.0 Å². The molecule has 1 aromatic carbocycles. The fourth-order valence-electron chi connectivity index (χ4n) is 1.76. The Bertz CT molecular complexity index is 359. The minimum Gasteiger partial charge on any atom is -0.392 e. The number of amides is 1. The van der Waals surface area contributed by atoms with Crippen molar-refractivity contribution < 1.29 is 9.90 Å². The number of carbonyl (C=O) groups is 1. The SMILES string of the molecule is CCN(CC)C(=O)CNCc1ccc(CO)cc1. The van der Waals surface area contributed by atoms with Crippen molar-refractivity contribution in [2.75, 3.05) is 19.6 Å². The number of aliphatic hydroxyl groups is 1. The average Bonchev–Trinajstić information content (AvgIpc) is 2.41. The first-order valence-corrected chi connectivity index (χ1v) is 6.38. The molecule has 1 aromatic rings. The molecule has 0 heterocycles. The minimum absolute atomic E-state index is 0.0636. The lowest BCUT2D eigenvalue weighted by Crippen LogP contribution is -2.37. The number of nitrogens with one attached hydrogen (secondary N) is 1. The van der Waals surface area contributed by atoms with Gasteiger partial charge in [0.05, 0.1) is 13.2 Å². The molecular formula is C14H22N2O2. The zero-order chi connectivity index (χ0) is 13.4. The number of rotatable bonds is 7. The molecule has 0 radical (unpaired) electrons. The number of hydrogen-bond acceptors (Lipinski definition) is 3. The van der Waals surface area contributed by atoms with Gasteiger partial charge < -0.3 is 15.3 Å². The predicted molar refractivity (Wildman–Crippen MR) is 72.0 cm³/mol. The molecule has 0 aromatic heterocycles. The van der Waals surface area contributed by atoms with Crippen LogP contribution in [0.1, 0.15) is 25.0 Å². The van der Waals surface area contributed by atoms with Crippen molar-refractivity contribution in [3.8, 4) is 0 Å². The van der Waals surface area contributed by atoms with E-state index in [1.54, 1.807) is 0 Å². The van der Waals surface area contributed by atoms with Crippen molar-refractivity contribution in [3.05, 3.63) is 35.4 Å². The lowest BCUT2D eigenvalue weighted by atomic mass is 10.1. The standard InChI is InChI=1S/C14H22N2O2/c1-3-16(4-2)14(18)10-15-9-12-5-7-13(11-17)8-6-12/h5-8,15,17H,3-4,9-11H2,1-2H3. The first kappa shape index (κ1) is 14.7. The Kier molecular flexibility index (Phi) is 6.39. The fraction of sp³-hybridized carbons (Fsp3) is 0.500. The molecule has 0 atom stereocenters. The average molecular weight is 250 g/mol. The van der Waals surface area contributed by atoms with Gasteiger partial charge in [-0.15, -0.1) is 0 Å². The molecule has 0 aliphatic carbocycles. The molecule has 0 spiro atoms. The van der Waals surface area contributed by atoms with Crippen LogP contribution in [-0.4, -0.2) is 35.5 Å². The summed E-state index contributed by atoms with van der Waals surface area (Å²) in [7, 11) is 0. The monoisotopic (exact) mass is 250 g/mol. The zero-order valence-electron chi connectivity index (χ0n) is 11.1. The van der Waals surface area contributed by atoms with Gasteiger partial charge in [0.25, 0.3) is 0 Å². The van der Waals surface area contributed by atoms with Crippen LogP contribution < -0.4 is 5.32 Å². The fourth-order valence-corrected chi connectivity index (χ4v) is 1.76. The molecule has 4 heteroatoms. The van der Waals surface area contributed by atoms with Crippen molar-refractivity contribution in [3.63, 3.8) is 0 Å². The van der Waals surface area contributed by atoms with E-state index in [9.17, 15) is 4.79 Å². The maximum atomic E-state index is 11.7. The number of carbonyl (C=O) groups excluding carboxylic acids is 1. The lowest BCUT2D eigenvalue weighted by molar-refractivity contribution is -0.129. The number of benzene rings is 1. The first-order chi connectivity index (χ1) is 8.71. The van der Waals surface area contributed by atoms with Crippen LogP contribution in [0.25, 0.3) is 0 Å². The third-order valence-corrected chi connectivity index (χ3v) is 2.93. The maximum Gasteiger partial charge on any atom is 0.236 e. The summed E-state index contributed by atoms with van der Waals surface area (Å²) in [6.45, 7) is 6.56. The number of nitrogens with zero attached hydrogens (tertiary/aromatic N) is 1. The third kappa shape index (κ3) is 4.47. The Morgan fingerprint density at radius 2 is 1.72 bits per heavy atom. The Balaban J connectivity index is 2.34. The number of likely N-dealkylation sites (N-methyl/N-ethyl adjacent to an activating group) is 1. The molecule has 1 rings (SSSR count). The molecule has 1 amide bonds. The normalized spacial score (nSPS) is 10.4. The van der Waals surface area contributed by atoms with Crippen LogP contribution in [0.5, 0.6) is 0 Å². The molecule has 18 heavy (non-hydrogen) atoms. The van der Waals surface area contributed by atoms with Crippen molar-refractivity contribution in [1.82, 2.24) is 10.2 Å². The second kappa shape index (κ2) is 7.84. The van der Waals surface area contributed by atoms with Crippen LogP contribution in [0.2, 0.25) is 0 Å². The van der Waals surface area contributed by atoms with E-state index in [1.807, 2.05) is 43.0 Å². The Labute approximate surface area is 109 Å². The van der Waals surface area contributed by atoms with Gasteiger partial charge in [-0.3, -0.25) is 4.79 Å². The number of aliphatic hydroxyl groups excluding tert-OH is 1. The molecular weight excluding hydrogens is 228 g/mol. The van der Waals surface area contributed by atoms with Crippen LogP contribution in [-0.2, 0) is 17.9 Å².